The topological polar surface area (TPSA) is 44.3 Å². The van der Waals surface area contributed by atoms with E-state index < -0.39 is 0 Å². The Bertz CT molecular complexity index is 757. The van der Waals surface area contributed by atoms with E-state index in [9.17, 15) is 0 Å². The predicted octanol–water partition coefficient (Wildman–Crippen LogP) is 4.75. The molecule has 4 rings (SSSR count). The molecule has 2 atom stereocenters. The summed E-state index contributed by atoms with van der Waals surface area (Å²) in [4.78, 5) is 14.5. The van der Waals surface area contributed by atoms with Crippen LogP contribution >= 0.6 is 0 Å². The summed E-state index contributed by atoms with van der Waals surface area (Å²) in [5.41, 5.74) is 1.44. The Labute approximate surface area is 181 Å². The van der Waals surface area contributed by atoms with Crippen LogP contribution in [0.4, 0.5) is 11.8 Å². The van der Waals surface area contributed by atoms with Gasteiger partial charge in [0, 0.05) is 37.9 Å². The number of piperidine rings is 1. The predicted molar refractivity (Wildman–Crippen MR) is 125 cm³/mol. The summed E-state index contributed by atoms with van der Waals surface area (Å²) >= 11 is 0. The molecule has 0 aliphatic carbocycles. The van der Waals surface area contributed by atoms with Gasteiger partial charge in [0.25, 0.3) is 0 Å². The molecule has 2 aliphatic heterocycles. The van der Waals surface area contributed by atoms with Gasteiger partial charge in [-0.3, -0.25) is 4.90 Å². The molecular weight excluding hydrogens is 370 g/mol. The SMILES string of the molecule is CC(CCc1ccccc1)N1CCCC(Nc2nccc(N3CCCCCC3)n2)C1. The second-order valence-corrected chi connectivity index (χ2v) is 8.99. The number of aromatic nitrogens is 2. The van der Waals surface area contributed by atoms with Crippen molar-refractivity contribution in [2.75, 3.05) is 36.4 Å². The van der Waals surface area contributed by atoms with Crippen LogP contribution in [-0.2, 0) is 6.42 Å². The zero-order chi connectivity index (χ0) is 20.6. The molecule has 1 aromatic carbocycles. The van der Waals surface area contributed by atoms with Gasteiger partial charge >= 0.3 is 0 Å². The summed E-state index contributed by atoms with van der Waals surface area (Å²) in [5, 5.41) is 3.64. The van der Waals surface area contributed by atoms with E-state index in [1.807, 2.05) is 6.20 Å². The number of hydrogen-bond donors (Lipinski definition) is 1. The fourth-order valence-electron chi connectivity index (χ4n) is 4.80. The first-order valence-corrected chi connectivity index (χ1v) is 11.9. The average molecular weight is 408 g/mol. The smallest absolute Gasteiger partial charge is 0.224 e. The van der Waals surface area contributed by atoms with Gasteiger partial charge in [-0.25, -0.2) is 4.98 Å². The fraction of sp³-hybridized carbons (Fsp3) is 0.600. The van der Waals surface area contributed by atoms with Gasteiger partial charge in [-0.05, 0) is 63.6 Å². The minimum atomic E-state index is 0.428. The molecule has 2 aromatic rings. The number of nitrogens with zero attached hydrogens (tertiary/aromatic N) is 4. The highest BCUT2D eigenvalue weighted by molar-refractivity contribution is 5.43. The van der Waals surface area contributed by atoms with E-state index in [0.29, 0.717) is 12.1 Å². The second-order valence-electron chi connectivity index (χ2n) is 8.99. The molecule has 2 unspecified atom stereocenters. The monoisotopic (exact) mass is 407 g/mol. The number of benzene rings is 1. The number of anilines is 2. The van der Waals surface area contributed by atoms with Crippen molar-refractivity contribution in [2.45, 2.75) is 70.4 Å². The van der Waals surface area contributed by atoms with Crippen LogP contribution in [0.2, 0.25) is 0 Å². The molecule has 2 aliphatic rings. The third-order valence-electron chi connectivity index (χ3n) is 6.67. The van der Waals surface area contributed by atoms with Gasteiger partial charge in [0.2, 0.25) is 5.95 Å². The highest BCUT2D eigenvalue weighted by atomic mass is 15.2. The summed E-state index contributed by atoms with van der Waals surface area (Å²) in [5.74, 6) is 1.87. The molecule has 0 saturated carbocycles. The van der Waals surface area contributed by atoms with Crippen LogP contribution in [0.1, 0.15) is 57.4 Å². The van der Waals surface area contributed by atoms with Gasteiger partial charge in [-0.1, -0.05) is 43.2 Å². The van der Waals surface area contributed by atoms with Crippen molar-refractivity contribution < 1.29 is 0 Å². The molecule has 0 amide bonds. The van der Waals surface area contributed by atoms with Crippen molar-refractivity contribution in [1.29, 1.82) is 0 Å². The number of rotatable bonds is 7. The summed E-state index contributed by atoms with van der Waals surface area (Å²) in [6, 6.07) is 13.9. The Hall–Kier alpha value is -2.14. The van der Waals surface area contributed by atoms with E-state index >= 15 is 0 Å². The van der Waals surface area contributed by atoms with Crippen LogP contribution in [0.3, 0.4) is 0 Å². The van der Waals surface area contributed by atoms with Crippen molar-refractivity contribution in [3.05, 3.63) is 48.2 Å². The lowest BCUT2D eigenvalue weighted by molar-refractivity contribution is 0.157. The van der Waals surface area contributed by atoms with Gasteiger partial charge < -0.3 is 10.2 Å². The first-order chi connectivity index (χ1) is 14.8. The third-order valence-corrected chi connectivity index (χ3v) is 6.67. The molecule has 30 heavy (non-hydrogen) atoms. The van der Waals surface area contributed by atoms with E-state index in [0.717, 1.165) is 37.8 Å². The number of nitrogens with one attached hydrogen (secondary N) is 1. The Morgan fingerprint density at radius 1 is 1.00 bits per heavy atom. The lowest BCUT2D eigenvalue weighted by Crippen LogP contribution is -2.46. The third kappa shape index (κ3) is 5.94. The lowest BCUT2D eigenvalue weighted by atomic mass is 10.0. The van der Waals surface area contributed by atoms with Crippen molar-refractivity contribution >= 4 is 11.8 Å². The number of hydrogen-bond acceptors (Lipinski definition) is 5. The van der Waals surface area contributed by atoms with E-state index in [1.165, 1.54) is 57.1 Å². The minimum absolute atomic E-state index is 0.428. The molecule has 3 heterocycles. The zero-order valence-electron chi connectivity index (χ0n) is 18.5. The molecule has 2 fully saturated rings. The summed E-state index contributed by atoms with van der Waals surface area (Å²) < 4.78 is 0. The maximum absolute atomic E-state index is 4.86. The van der Waals surface area contributed by atoms with Gasteiger partial charge in [-0.2, -0.15) is 4.98 Å². The van der Waals surface area contributed by atoms with Gasteiger partial charge in [0.1, 0.15) is 5.82 Å². The van der Waals surface area contributed by atoms with E-state index in [-0.39, 0.29) is 0 Å². The summed E-state index contributed by atoms with van der Waals surface area (Å²) in [7, 11) is 0. The maximum Gasteiger partial charge on any atom is 0.224 e. The van der Waals surface area contributed by atoms with Gasteiger partial charge in [-0.15, -0.1) is 0 Å². The highest BCUT2D eigenvalue weighted by Crippen LogP contribution is 2.21. The van der Waals surface area contributed by atoms with Crippen molar-refractivity contribution in [3.8, 4) is 0 Å². The quantitative estimate of drug-likeness (QED) is 0.717. The normalized spacial score (nSPS) is 21.8. The van der Waals surface area contributed by atoms with Crippen LogP contribution in [0, 0.1) is 0 Å². The lowest BCUT2D eigenvalue weighted by Gasteiger charge is -2.37. The van der Waals surface area contributed by atoms with Crippen LogP contribution < -0.4 is 10.2 Å². The molecule has 0 spiro atoms. The Kier molecular flexibility index (Phi) is 7.57. The van der Waals surface area contributed by atoms with Crippen molar-refractivity contribution in [2.24, 2.45) is 0 Å². The number of likely N-dealkylation sites (tertiary alicyclic amines) is 1. The summed E-state index contributed by atoms with van der Waals surface area (Å²) in [6.45, 7) is 6.89. The standard InChI is InChI=1S/C25H37N5/c1-21(13-14-22-10-5-4-6-11-22)30-19-9-12-23(20-30)27-25-26-16-15-24(28-25)29-17-7-2-3-8-18-29/h4-6,10-11,15-16,21,23H,2-3,7-9,12-14,17-20H2,1H3,(H,26,27,28). The Morgan fingerprint density at radius 3 is 2.60 bits per heavy atom. The Balaban J connectivity index is 1.30. The highest BCUT2D eigenvalue weighted by Gasteiger charge is 2.24. The van der Waals surface area contributed by atoms with E-state index in [2.05, 4.69) is 63.4 Å². The molecule has 1 N–H and O–H groups in total. The first-order valence-electron chi connectivity index (χ1n) is 11.9. The van der Waals surface area contributed by atoms with Crippen LogP contribution in [0.25, 0.3) is 0 Å². The number of aryl methyl sites for hydroxylation is 1. The molecule has 162 valence electrons. The molecule has 5 nitrogen and oxygen atoms in total. The molecule has 5 heteroatoms. The van der Waals surface area contributed by atoms with E-state index in [1.54, 1.807) is 0 Å². The van der Waals surface area contributed by atoms with E-state index in [4.69, 9.17) is 4.98 Å². The molecular formula is C25H37N5. The zero-order valence-corrected chi connectivity index (χ0v) is 18.5. The maximum atomic E-state index is 4.86. The van der Waals surface area contributed by atoms with Gasteiger partial charge in [0.15, 0.2) is 0 Å². The van der Waals surface area contributed by atoms with Crippen LogP contribution in [-0.4, -0.2) is 53.1 Å². The van der Waals surface area contributed by atoms with Crippen LogP contribution in [0.15, 0.2) is 42.6 Å². The molecule has 1 aromatic heterocycles. The van der Waals surface area contributed by atoms with Crippen molar-refractivity contribution in [1.82, 2.24) is 14.9 Å². The Morgan fingerprint density at radius 2 is 1.80 bits per heavy atom. The average Bonchev–Trinajstić information content (AvgIpc) is 3.08. The van der Waals surface area contributed by atoms with Crippen LogP contribution in [0.5, 0.6) is 0 Å². The molecule has 2 saturated heterocycles. The second kappa shape index (κ2) is 10.8. The first kappa shape index (κ1) is 21.1. The summed E-state index contributed by atoms with van der Waals surface area (Å²) in [6.07, 6.45) is 11.9. The fourth-order valence-corrected chi connectivity index (χ4v) is 4.80. The minimum Gasteiger partial charge on any atom is -0.356 e. The molecule has 0 bridgehead atoms. The largest absolute Gasteiger partial charge is 0.356 e. The van der Waals surface area contributed by atoms with Gasteiger partial charge in [0.05, 0.1) is 0 Å². The molecule has 0 radical (unpaired) electrons. The van der Waals surface area contributed by atoms with Crippen molar-refractivity contribution in [3.63, 3.8) is 0 Å².